The van der Waals surface area contributed by atoms with Gasteiger partial charge in [0.05, 0.1) is 4.92 Å². The van der Waals surface area contributed by atoms with E-state index in [0.717, 1.165) is 5.56 Å². The molecule has 0 saturated carbocycles. The van der Waals surface area contributed by atoms with E-state index in [1.165, 1.54) is 28.6 Å². The number of nitro groups is 1. The zero-order valence-electron chi connectivity index (χ0n) is 13.9. The van der Waals surface area contributed by atoms with Crippen molar-refractivity contribution in [2.75, 3.05) is 26.2 Å². The van der Waals surface area contributed by atoms with Gasteiger partial charge in [-0.05, 0) is 23.8 Å². The molecule has 1 aliphatic rings. The minimum absolute atomic E-state index is 0.254. The van der Waals surface area contributed by atoms with Gasteiger partial charge in [0.1, 0.15) is 0 Å². The van der Waals surface area contributed by atoms with Crippen LogP contribution in [0.15, 0.2) is 53.4 Å². The van der Waals surface area contributed by atoms with E-state index in [1.54, 1.807) is 0 Å². The standard InChI is InChI=1S/C17H18ClN3O4S/c18-15-7-5-14(6-8-15)13-19-9-11-20(12-10-19)26(24,25)17-4-2-1-3-16(17)21(22)23/h1-8H,9-13H2. The maximum Gasteiger partial charge on any atom is 0.289 e. The van der Waals surface area contributed by atoms with E-state index in [9.17, 15) is 18.5 Å². The van der Waals surface area contributed by atoms with Crippen LogP contribution < -0.4 is 0 Å². The molecule has 0 amide bonds. The molecule has 0 spiro atoms. The predicted molar refractivity (Wildman–Crippen MR) is 98.6 cm³/mol. The normalized spacial score (nSPS) is 16.5. The summed E-state index contributed by atoms with van der Waals surface area (Å²) in [5.41, 5.74) is 0.709. The zero-order chi connectivity index (χ0) is 18.7. The van der Waals surface area contributed by atoms with E-state index in [1.807, 2.05) is 24.3 Å². The van der Waals surface area contributed by atoms with Crippen molar-refractivity contribution in [1.29, 1.82) is 0 Å². The number of halogens is 1. The average molecular weight is 396 g/mol. The lowest BCUT2D eigenvalue weighted by Crippen LogP contribution is -2.48. The fourth-order valence-electron chi connectivity index (χ4n) is 2.94. The fourth-order valence-corrected chi connectivity index (χ4v) is 4.65. The molecule has 0 aliphatic carbocycles. The summed E-state index contributed by atoms with van der Waals surface area (Å²) in [5, 5.41) is 11.8. The first-order chi connectivity index (χ1) is 12.4. The van der Waals surface area contributed by atoms with Crippen molar-refractivity contribution in [2.45, 2.75) is 11.4 Å². The minimum atomic E-state index is -3.89. The van der Waals surface area contributed by atoms with Crippen molar-refractivity contribution in [3.8, 4) is 0 Å². The van der Waals surface area contributed by atoms with Gasteiger partial charge in [0.25, 0.3) is 5.69 Å². The number of nitro benzene ring substituents is 1. The summed E-state index contributed by atoms with van der Waals surface area (Å²) in [6.07, 6.45) is 0. The van der Waals surface area contributed by atoms with E-state index >= 15 is 0 Å². The Balaban J connectivity index is 1.69. The molecule has 0 aromatic heterocycles. The van der Waals surface area contributed by atoms with Gasteiger partial charge in [0.15, 0.2) is 4.90 Å². The molecule has 0 N–H and O–H groups in total. The van der Waals surface area contributed by atoms with Gasteiger partial charge in [-0.2, -0.15) is 4.31 Å². The molecule has 0 atom stereocenters. The number of nitrogens with zero attached hydrogens (tertiary/aromatic N) is 3. The van der Waals surface area contributed by atoms with Gasteiger partial charge < -0.3 is 0 Å². The summed E-state index contributed by atoms with van der Waals surface area (Å²) >= 11 is 5.88. The van der Waals surface area contributed by atoms with Gasteiger partial charge in [0.2, 0.25) is 10.0 Å². The maximum absolute atomic E-state index is 12.8. The number of piperazine rings is 1. The number of hydrogen-bond acceptors (Lipinski definition) is 5. The molecule has 9 heteroatoms. The van der Waals surface area contributed by atoms with Crippen LogP contribution in [0.25, 0.3) is 0 Å². The molecule has 1 aliphatic heterocycles. The van der Waals surface area contributed by atoms with Crippen LogP contribution in [-0.2, 0) is 16.6 Å². The number of rotatable bonds is 5. The highest BCUT2D eigenvalue weighted by atomic mass is 35.5. The van der Waals surface area contributed by atoms with E-state index in [2.05, 4.69) is 4.90 Å². The van der Waals surface area contributed by atoms with Crippen molar-refractivity contribution in [3.05, 3.63) is 69.2 Å². The van der Waals surface area contributed by atoms with Crippen LogP contribution in [0, 0.1) is 10.1 Å². The Hall–Kier alpha value is -2.00. The maximum atomic E-state index is 12.8. The molecule has 26 heavy (non-hydrogen) atoms. The lowest BCUT2D eigenvalue weighted by molar-refractivity contribution is -0.387. The molecular formula is C17H18ClN3O4S. The second-order valence-corrected chi connectivity index (χ2v) is 8.37. The molecule has 1 fully saturated rings. The molecule has 0 bridgehead atoms. The van der Waals surface area contributed by atoms with Gasteiger partial charge >= 0.3 is 0 Å². The second-order valence-electron chi connectivity index (χ2n) is 6.03. The summed E-state index contributed by atoms with van der Waals surface area (Å²) in [5.74, 6) is 0. The Bertz CT molecular complexity index is 894. The largest absolute Gasteiger partial charge is 0.296 e. The van der Waals surface area contributed by atoms with E-state index < -0.39 is 20.6 Å². The molecule has 7 nitrogen and oxygen atoms in total. The summed E-state index contributed by atoms with van der Waals surface area (Å²) in [6, 6.07) is 13.0. The first kappa shape index (κ1) is 18.8. The van der Waals surface area contributed by atoms with Crippen LogP contribution in [0.3, 0.4) is 0 Å². The van der Waals surface area contributed by atoms with Crippen molar-refractivity contribution < 1.29 is 13.3 Å². The molecule has 3 rings (SSSR count). The summed E-state index contributed by atoms with van der Waals surface area (Å²) in [6.45, 7) is 2.41. The van der Waals surface area contributed by atoms with Gasteiger partial charge in [-0.1, -0.05) is 35.9 Å². The monoisotopic (exact) mass is 395 g/mol. The van der Waals surface area contributed by atoms with Gasteiger partial charge in [-0.3, -0.25) is 15.0 Å². The molecule has 2 aromatic carbocycles. The summed E-state index contributed by atoms with van der Waals surface area (Å²) in [7, 11) is -3.89. The smallest absolute Gasteiger partial charge is 0.289 e. The SMILES string of the molecule is O=[N+]([O-])c1ccccc1S(=O)(=O)N1CCN(Cc2ccc(Cl)cc2)CC1. The number of benzene rings is 2. The summed E-state index contributed by atoms with van der Waals surface area (Å²) < 4.78 is 26.9. The lowest BCUT2D eigenvalue weighted by Gasteiger charge is -2.33. The van der Waals surface area contributed by atoms with Crippen molar-refractivity contribution in [3.63, 3.8) is 0 Å². The number of hydrogen-bond donors (Lipinski definition) is 0. The topological polar surface area (TPSA) is 83.8 Å². The first-order valence-electron chi connectivity index (χ1n) is 8.08. The van der Waals surface area contributed by atoms with Crippen LogP contribution in [-0.4, -0.2) is 48.7 Å². The molecule has 1 saturated heterocycles. The Morgan fingerprint density at radius 1 is 1.00 bits per heavy atom. The quantitative estimate of drug-likeness (QED) is 0.574. The van der Waals surface area contributed by atoms with E-state index in [0.29, 0.717) is 37.7 Å². The minimum Gasteiger partial charge on any atom is -0.296 e. The van der Waals surface area contributed by atoms with Gasteiger partial charge in [0, 0.05) is 43.8 Å². The Morgan fingerprint density at radius 3 is 2.23 bits per heavy atom. The van der Waals surface area contributed by atoms with Gasteiger partial charge in [-0.15, -0.1) is 0 Å². The fraction of sp³-hybridized carbons (Fsp3) is 0.294. The molecular weight excluding hydrogens is 378 g/mol. The molecule has 138 valence electrons. The number of sulfonamides is 1. The second kappa shape index (κ2) is 7.71. The molecule has 1 heterocycles. The van der Waals surface area contributed by atoms with Crippen LogP contribution >= 0.6 is 11.6 Å². The Morgan fingerprint density at radius 2 is 1.62 bits per heavy atom. The molecule has 0 radical (unpaired) electrons. The number of para-hydroxylation sites is 1. The van der Waals surface area contributed by atoms with Crippen molar-refractivity contribution in [1.82, 2.24) is 9.21 Å². The molecule has 0 unspecified atom stereocenters. The Labute approximate surface area is 157 Å². The van der Waals surface area contributed by atoms with Crippen molar-refractivity contribution >= 4 is 27.3 Å². The van der Waals surface area contributed by atoms with E-state index in [-0.39, 0.29) is 4.90 Å². The third-order valence-corrected chi connectivity index (χ3v) is 6.53. The van der Waals surface area contributed by atoms with Crippen LogP contribution in [0.4, 0.5) is 5.69 Å². The average Bonchev–Trinajstić information content (AvgIpc) is 2.64. The highest BCUT2D eigenvalue weighted by molar-refractivity contribution is 7.89. The highest BCUT2D eigenvalue weighted by Gasteiger charge is 2.33. The predicted octanol–water partition coefficient (Wildman–Crippen LogP) is 2.75. The summed E-state index contributed by atoms with van der Waals surface area (Å²) in [4.78, 5) is 12.4. The van der Waals surface area contributed by atoms with Crippen LogP contribution in [0.1, 0.15) is 5.56 Å². The van der Waals surface area contributed by atoms with E-state index in [4.69, 9.17) is 11.6 Å². The van der Waals surface area contributed by atoms with Crippen molar-refractivity contribution in [2.24, 2.45) is 0 Å². The molecule has 2 aromatic rings. The van der Waals surface area contributed by atoms with Crippen LogP contribution in [0.5, 0.6) is 0 Å². The first-order valence-corrected chi connectivity index (χ1v) is 9.90. The third-order valence-electron chi connectivity index (χ3n) is 4.33. The zero-order valence-corrected chi connectivity index (χ0v) is 15.5. The Kier molecular flexibility index (Phi) is 5.57. The lowest BCUT2D eigenvalue weighted by atomic mass is 10.2. The van der Waals surface area contributed by atoms with Gasteiger partial charge in [-0.25, -0.2) is 8.42 Å². The highest BCUT2D eigenvalue weighted by Crippen LogP contribution is 2.27. The third kappa shape index (κ3) is 4.04. The van der Waals surface area contributed by atoms with Crippen LogP contribution in [0.2, 0.25) is 5.02 Å².